The lowest BCUT2D eigenvalue weighted by atomic mass is 10.2. The van der Waals surface area contributed by atoms with Gasteiger partial charge in [0.2, 0.25) is 0 Å². The summed E-state index contributed by atoms with van der Waals surface area (Å²) >= 11 is 0. The number of fused-ring (bicyclic) bond motifs is 1. The number of hydrogen-bond acceptors (Lipinski definition) is 5. The van der Waals surface area contributed by atoms with Crippen LogP contribution >= 0.6 is 0 Å². The molecule has 122 valence electrons. The van der Waals surface area contributed by atoms with E-state index < -0.39 is 0 Å². The largest absolute Gasteiger partial charge is 0.348 e. The number of nitrogens with zero attached hydrogens (tertiary/aromatic N) is 4. The number of benzene rings is 1. The first-order chi connectivity index (χ1) is 11.7. The minimum Gasteiger partial charge on any atom is -0.348 e. The number of nitrogens with one attached hydrogen (secondary N) is 1. The normalized spacial score (nSPS) is 16.9. The molecule has 6 nitrogen and oxygen atoms in total. The van der Waals surface area contributed by atoms with Crippen LogP contribution in [0.15, 0.2) is 41.8 Å². The molecule has 1 fully saturated rings. The van der Waals surface area contributed by atoms with Gasteiger partial charge in [0.1, 0.15) is 17.7 Å². The molecule has 2 aromatic rings. The Kier molecular flexibility index (Phi) is 3.72. The van der Waals surface area contributed by atoms with Gasteiger partial charge in [-0.1, -0.05) is 18.2 Å². The van der Waals surface area contributed by atoms with Crippen LogP contribution in [0.5, 0.6) is 0 Å². The van der Waals surface area contributed by atoms with Crippen LogP contribution in [0, 0.1) is 0 Å². The number of carbonyl (C=O) groups excluding carboxylic acids is 1. The second-order valence-electron chi connectivity index (χ2n) is 6.21. The standard InChI is InChI=1S/C18H19N5O/c1-12(18(24)22-14-6-7-14)21-15-10-19-11-20-17(15)23-9-8-13-4-2-3-5-16(13)23/h2-5,10-11,14H,6-9H2,1H3,(H,22,24). The molecule has 4 rings (SSSR count). The molecule has 1 aromatic carbocycles. The van der Waals surface area contributed by atoms with E-state index in [-0.39, 0.29) is 5.91 Å². The van der Waals surface area contributed by atoms with Gasteiger partial charge in [-0.3, -0.25) is 4.79 Å². The van der Waals surface area contributed by atoms with Crippen molar-refractivity contribution in [2.24, 2.45) is 4.99 Å². The third-order valence-electron chi connectivity index (χ3n) is 4.34. The van der Waals surface area contributed by atoms with Crippen molar-refractivity contribution in [3.8, 4) is 0 Å². The Hall–Kier alpha value is -2.76. The first-order valence-electron chi connectivity index (χ1n) is 8.24. The van der Waals surface area contributed by atoms with Crippen molar-refractivity contribution >= 4 is 28.8 Å². The van der Waals surface area contributed by atoms with Crippen LogP contribution < -0.4 is 10.2 Å². The molecular formula is C18H19N5O. The van der Waals surface area contributed by atoms with Gasteiger partial charge >= 0.3 is 0 Å². The number of para-hydroxylation sites is 1. The summed E-state index contributed by atoms with van der Waals surface area (Å²) in [5.74, 6) is 0.627. The van der Waals surface area contributed by atoms with Crippen molar-refractivity contribution in [1.29, 1.82) is 0 Å². The van der Waals surface area contributed by atoms with E-state index in [0.717, 1.165) is 37.3 Å². The van der Waals surface area contributed by atoms with E-state index >= 15 is 0 Å². The molecule has 1 aliphatic carbocycles. The van der Waals surface area contributed by atoms with Gasteiger partial charge in [0.15, 0.2) is 5.82 Å². The molecule has 1 aliphatic heterocycles. The summed E-state index contributed by atoms with van der Waals surface area (Å²) in [5, 5.41) is 2.95. The summed E-state index contributed by atoms with van der Waals surface area (Å²) in [6.45, 7) is 2.58. The zero-order valence-corrected chi connectivity index (χ0v) is 13.6. The lowest BCUT2D eigenvalue weighted by Gasteiger charge is -2.19. The van der Waals surface area contributed by atoms with Crippen LogP contribution in [-0.4, -0.2) is 34.2 Å². The summed E-state index contributed by atoms with van der Waals surface area (Å²) in [6.07, 6.45) is 6.28. The SMILES string of the molecule is CC(=Nc1cncnc1N1CCc2ccccc21)C(=O)NC1CC1. The molecular weight excluding hydrogens is 302 g/mol. The predicted molar refractivity (Wildman–Crippen MR) is 93.1 cm³/mol. The average molecular weight is 321 g/mol. The van der Waals surface area contributed by atoms with Gasteiger partial charge in [0.25, 0.3) is 5.91 Å². The predicted octanol–water partition coefficient (Wildman–Crippen LogP) is 2.54. The van der Waals surface area contributed by atoms with E-state index in [1.165, 1.54) is 11.9 Å². The van der Waals surface area contributed by atoms with Crippen molar-refractivity contribution in [2.45, 2.75) is 32.2 Å². The molecule has 1 aromatic heterocycles. The van der Waals surface area contributed by atoms with Crippen molar-refractivity contribution in [2.75, 3.05) is 11.4 Å². The molecule has 2 heterocycles. The fourth-order valence-electron chi connectivity index (χ4n) is 2.91. The second-order valence-corrected chi connectivity index (χ2v) is 6.21. The topological polar surface area (TPSA) is 70.5 Å². The number of amides is 1. The molecule has 0 unspecified atom stereocenters. The van der Waals surface area contributed by atoms with Gasteiger partial charge < -0.3 is 10.2 Å². The Morgan fingerprint density at radius 2 is 2.17 bits per heavy atom. The van der Waals surface area contributed by atoms with Gasteiger partial charge in [-0.15, -0.1) is 0 Å². The number of anilines is 2. The van der Waals surface area contributed by atoms with E-state index in [9.17, 15) is 4.79 Å². The van der Waals surface area contributed by atoms with Gasteiger partial charge in [-0.2, -0.15) is 0 Å². The number of aromatic nitrogens is 2. The molecule has 24 heavy (non-hydrogen) atoms. The van der Waals surface area contributed by atoms with Crippen LogP contribution in [0.25, 0.3) is 0 Å². The second kappa shape index (κ2) is 6.03. The highest BCUT2D eigenvalue weighted by molar-refractivity contribution is 6.38. The van der Waals surface area contributed by atoms with Crippen molar-refractivity contribution < 1.29 is 4.79 Å². The van der Waals surface area contributed by atoms with Gasteiger partial charge in [-0.25, -0.2) is 15.0 Å². The molecule has 0 saturated heterocycles. The maximum absolute atomic E-state index is 12.1. The Morgan fingerprint density at radius 3 is 3.00 bits per heavy atom. The Balaban J connectivity index is 1.65. The average Bonchev–Trinajstić information content (AvgIpc) is 3.31. The maximum atomic E-state index is 12.1. The highest BCUT2D eigenvalue weighted by Crippen LogP contribution is 2.37. The molecule has 0 radical (unpaired) electrons. The van der Waals surface area contributed by atoms with E-state index in [1.54, 1.807) is 13.1 Å². The van der Waals surface area contributed by atoms with Crippen LogP contribution in [0.4, 0.5) is 17.2 Å². The molecule has 1 saturated carbocycles. The number of rotatable bonds is 4. The van der Waals surface area contributed by atoms with Crippen LogP contribution in [0.1, 0.15) is 25.3 Å². The molecule has 0 atom stereocenters. The Labute approximate surface area is 140 Å². The Bertz CT molecular complexity index is 813. The van der Waals surface area contributed by atoms with Crippen molar-refractivity contribution in [3.63, 3.8) is 0 Å². The first kappa shape index (κ1) is 14.8. The summed E-state index contributed by atoms with van der Waals surface area (Å²) in [7, 11) is 0. The third-order valence-corrected chi connectivity index (χ3v) is 4.34. The van der Waals surface area contributed by atoms with Crippen LogP contribution in [0.3, 0.4) is 0 Å². The van der Waals surface area contributed by atoms with Gasteiger partial charge in [-0.05, 0) is 37.8 Å². The summed E-state index contributed by atoms with van der Waals surface area (Å²) in [5.41, 5.74) is 3.50. The highest BCUT2D eigenvalue weighted by Gasteiger charge is 2.25. The summed E-state index contributed by atoms with van der Waals surface area (Å²) < 4.78 is 0. The lowest BCUT2D eigenvalue weighted by Crippen LogP contribution is -2.31. The highest BCUT2D eigenvalue weighted by atomic mass is 16.2. The number of carbonyl (C=O) groups is 1. The van der Waals surface area contributed by atoms with E-state index in [4.69, 9.17) is 0 Å². The minimum atomic E-state index is -0.117. The van der Waals surface area contributed by atoms with E-state index in [2.05, 4.69) is 37.3 Å². The molecule has 6 heteroatoms. The first-order valence-corrected chi connectivity index (χ1v) is 8.24. The van der Waals surface area contributed by atoms with Crippen molar-refractivity contribution in [1.82, 2.24) is 15.3 Å². The number of hydrogen-bond donors (Lipinski definition) is 1. The summed E-state index contributed by atoms with van der Waals surface area (Å²) in [4.78, 5) is 27.3. The van der Waals surface area contributed by atoms with E-state index in [0.29, 0.717) is 17.4 Å². The van der Waals surface area contributed by atoms with Crippen LogP contribution in [0.2, 0.25) is 0 Å². The fourth-order valence-corrected chi connectivity index (χ4v) is 2.91. The molecule has 1 amide bonds. The maximum Gasteiger partial charge on any atom is 0.265 e. The fraction of sp³-hybridized carbons (Fsp3) is 0.333. The third kappa shape index (κ3) is 2.87. The van der Waals surface area contributed by atoms with Gasteiger partial charge in [0.05, 0.1) is 6.20 Å². The van der Waals surface area contributed by atoms with Crippen LogP contribution in [-0.2, 0) is 11.2 Å². The molecule has 0 bridgehead atoms. The molecule has 2 aliphatic rings. The van der Waals surface area contributed by atoms with Gasteiger partial charge in [0, 0.05) is 18.3 Å². The van der Waals surface area contributed by atoms with Crippen molar-refractivity contribution in [3.05, 3.63) is 42.4 Å². The summed E-state index contributed by atoms with van der Waals surface area (Å²) in [6, 6.07) is 8.61. The Morgan fingerprint density at radius 1 is 1.33 bits per heavy atom. The number of aliphatic imine (C=N–C) groups is 1. The van der Waals surface area contributed by atoms with E-state index in [1.807, 2.05) is 12.1 Å². The molecule has 0 spiro atoms. The molecule has 1 N–H and O–H groups in total. The quantitative estimate of drug-likeness (QED) is 0.879. The minimum absolute atomic E-state index is 0.117. The lowest BCUT2D eigenvalue weighted by molar-refractivity contribution is -0.114. The zero-order valence-electron chi connectivity index (χ0n) is 13.6. The monoisotopic (exact) mass is 321 g/mol. The smallest absolute Gasteiger partial charge is 0.265 e. The zero-order chi connectivity index (χ0) is 16.5.